The number of rotatable bonds is 4. The van der Waals surface area contributed by atoms with Crippen LogP contribution in [0, 0.1) is 5.92 Å². The Balaban J connectivity index is 1.58. The van der Waals surface area contributed by atoms with E-state index >= 15 is 0 Å². The van der Waals surface area contributed by atoms with E-state index in [0.717, 1.165) is 18.4 Å². The van der Waals surface area contributed by atoms with Gasteiger partial charge in [-0.1, -0.05) is 36.4 Å². The standard InChI is InChI=1S/C21H20BNO5/c24-18-16-3-1-2-4-17(16)19(25)23(18)20(11-21(26,12-20)14-5-6-14)13-7-9-15(10-8-13)22(27)28/h1-4,7-10,14,26-28H,5-6,11-12H2. The second kappa shape index (κ2) is 5.76. The van der Waals surface area contributed by atoms with Crippen LogP contribution in [0.1, 0.15) is 52.0 Å². The summed E-state index contributed by atoms with van der Waals surface area (Å²) in [7, 11) is -1.59. The van der Waals surface area contributed by atoms with Gasteiger partial charge in [-0.3, -0.25) is 14.5 Å². The third kappa shape index (κ3) is 2.33. The van der Waals surface area contributed by atoms with Gasteiger partial charge in [-0.15, -0.1) is 0 Å². The fourth-order valence-corrected chi connectivity index (χ4v) is 4.91. The van der Waals surface area contributed by atoms with Crippen molar-refractivity contribution < 1.29 is 24.7 Å². The Morgan fingerprint density at radius 3 is 1.89 bits per heavy atom. The van der Waals surface area contributed by atoms with Crippen molar-refractivity contribution in [3.63, 3.8) is 0 Å². The van der Waals surface area contributed by atoms with Crippen LogP contribution in [0.5, 0.6) is 0 Å². The lowest BCUT2D eigenvalue weighted by molar-refractivity contribution is -0.143. The number of nitrogens with zero attached hydrogens (tertiary/aromatic N) is 1. The smallest absolute Gasteiger partial charge is 0.423 e. The Morgan fingerprint density at radius 2 is 1.43 bits per heavy atom. The van der Waals surface area contributed by atoms with Crippen molar-refractivity contribution in [2.75, 3.05) is 0 Å². The summed E-state index contributed by atoms with van der Waals surface area (Å²) in [6, 6.07) is 13.4. The zero-order valence-electron chi connectivity index (χ0n) is 15.2. The molecule has 3 aliphatic rings. The molecule has 2 aromatic carbocycles. The summed E-state index contributed by atoms with van der Waals surface area (Å²) in [4.78, 5) is 27.6. The molecule has 2 aliphatic carbocycles. The van der Waals surface area contributed by atoms with Gasteiger partial charge in [0.15, 0.2) is 0 Å². The largest absolute Gasteiger partial charge is 0.488 e. The Kier molecular flexibility index (Phi) is 3.63. The molecular weight excluding hydrogens is 357 g/mol. The highest BCUT2D eigenvalue weighted by Gasteiger charge is 2.66. The number of carbonyl (C=O) groups is 2. The summed E-state index contributed by atoms with van der Waals surface area (Å²) in [6.45, 7) is 0. The Hall–Kier alpha value is -2.48. The molecular formula is C21H20BNO5. The summed E-state index contributed by atoms with van der Waals surface area (Å²) in [5.74, 6) is -0.469. The lowest BCUT2D eigenvalue weighted by Crippen LogP contribution is -2.65. The number of imide groups is 1. The van der Waals surface area contributed by atoms with Crippen molar-refractivity contribution in [2.24, 2.45) is 5.92 Å². The molecule has 1 heterocycles. The van der Waals surface area contributed by atoms with E-state index in [1.54, 1.807) is 48.5 Å². The van der Waals surface area contributed by atoms with Gasteiger partial charge >= 0.3 is 7.12 Å². The Bertz CT molecular complexity index is 942. The van der Waals surface area contributed by atoms with Crippen LogP contribution in [0.4, 0.5) is 0 Å². The highest BCUT2D eigenvalue weighted by molar-refractivity contribution is 6.58. The lowest BCUT2D eigenvalue weighted by Gasteiger charge is -2.57. The molecule has 2 saturated carbocycles. The quantitative estimate of drug-likeness (QED) is 0.541. The lowest BCUT2D eigenvalue weighted by atomic mass is 9.58. The minimum absolute atomic E-state index is 0.217. The number of fused-ring (bicyclic) bond motifs is 1. The van der Waals surface area contributed by atoms with Crippen LogP contribution in [-0.4, -0.2) is 44.6 Å². The predicted octanol–water partition coefficient (Wildman–Crippen LogP) is 0.793. The van der Waals surface area contributed by atoms with Crippen molar-refractivity contribution in [3.05, 3.63) is 65.2 Å². The number of benzene rings is 2. The maximum atomic E-state index is 13.1. The van der Waals surface area contributed by atoms with Crippen LogP contribution in [-0.2, 0) is 5.54 Å². The maximum absolute atomic E-state index is 13.1. The van der Waals surface area contributed by atoms with Gasteiger partial charge in [0.05, 0.1) is 22.3 Å². The summed E-state index contributed by atoms with van der Waals surface area (Å²) in [5, 5.41) is 29.7. The van der Waals surface area contributed by atoms with Crippen molar-refractivity contribution in [1.82, 2.24) is 4.90 Å². The predicted molar refractivity (Wildman–Crippen MR) is 102 cm³/mol. The van der Waals surface area contributed by atoms with E-state index in [-0.39, 0.29) is 17.7 Å². The number of hydrogen-bond donors (Lipinski definition) is 3. The van der Waals surface area contributed by atoms with E-state index in [2.05, 4.69) is 0 Å². The van der Waals surface area contributed by atoms with Gasteiger partial charge in [0.25, 0.3) is 11.8 Å². The average molecular weight is 377 g/mol. The molecule has 142 valence electrons. The van der Waals surface area contributed by atoms with Crippen LogP contribution in [0.15, 0.2) is 48.5 Å². The molecule has 0 spiro atoms. The van der Waals surface area contributed by atoms with Gasteiger partial charge in [-0.05, 0) is 41.9 Å². The first-order chi connectivity index (χ1) is 13.4. The highest BCUT2D eigenvalue weighted by atomic mass is 16.4. The summed E-state index contributed by atoms with van der Waals surface area (Å²) in [5.41, 5.74) is 0.0237. The molecule has 0 bridgehead atoms. The zero-order chi connectivity index (χ0) is 19.7. The maximum Gasteiger partial charge on any atom is 0.488 e. The van der Waals surface area contributed by atoms with Gasteiger partial charge in [-0.25, -0.2) is 0 Å². The summed E-state index contributed by atoms with van der Waals surface area (Å²) in [6.07, 6.45) is 2.53. The molecule has 3 N–H and O–H groups in total. The van der Waals surface area contributed by atoms with Gasteiger partial charge in [0, 0.05) is 12.8 Å². The summed E-state index contributed by atoms with van der Waals surface area (Å²) < 4.78 is 0. The minimum Gasteiger partial charge on any atom is -0.423 e. The van der Waals surface area contributed by atoms with Crippen LogP contribution >= 0.6 is 0 Å². The number of aliphatic hydroxyl groups is 1. The van der Waals surface area contributed by atoms with Crippen molar-refractivity contribution in [1.29, 1.82) is 0 Å². The molecule has 2 fully saturated rings. The number of carbonyl (C=O) groups excluding carboxylic acids is 2. The first-order valence-corrected chi connectivity index (χ1v) is 9.53. The minimum atomic E-state index is -1.59. The summed E-state index contributed by atoms with van der Waals surface area (Å²) >= 11 is 0. The molecule has 7 heteroatoms. The molecule has 6 nitrogen and oxygen atoms in total. The van der Waals surface area contributed by atoms with Crippen LogP contribution in [0.3, 0.4) is 0 Å². The monoisotopic (exact) mass is 377 g/mol. The second-order valence-corrected chi connectivity index (χ2v) is 8.25. The molecule has 2 amide bonds. The van der Waals surface area contributed by atoms with E-state index in [4.69, 9.17) is 0 Å². The molecule has 0 aromatic heterocycles. The number of amides is 2. The molecule has 28 heavy (non-hydrogen) atoms. The van der Waals surface area contributed by atoms with Gasteiger partial charge in [-0.2, -0.15) is 0 Å². The second-order valence-electron chi connectivity index (χ2n) is 8.25. The van der Waals surface area contributed by atoms with Crippen molar-refractivity contribution in [2.45, 2.75) is 36.8 Å². The van der Waals surface area contributed by atoms with Crippen LogP contribution in [0.25, 0.3) is 0 Å². The third-order valence-electron chi connectivity index (χ3n) is 6.50. The highest BCUT2D eigenvalue weighted by Crippen LogP contribution is 2.61. The topological polar surface area (TPSA) is 98.1 Å². The van der Waals surface area contributed by atoms with E-state index in [9.17, 15) is 24.7 Å². The Labute approximate surface area is 162 Å². The van der Waals surface area contributed by atoms with Crippen LogP contribution < -0.4 is 5.46 Å². The fraction of sp³-hybridized carbons (Fsp3) is 0.333. The molecule has 1 aliphatic heterocycles. The van der Waals surface area contributed by atoms with Gasteiger partial charge in [0.2, 0.25) is 0 Å². The van der Waals surface area contributed by atoms with Crippen LogP contribution in [0.2, 0.25) is 0 Å². The van der Waals surface area contributed by atoms with Crippen molar-refractivity contribution in [3.8, 4) is 0 Å². The first kappa shape index (κ1) is 17.6. The third-order valence-corrected chi connectivity index (χ3v) is 6.50. The van der Waals surface area contributed by atoms with E-state index in [1.807, 2.05) is 0 Å². The Morgan fingerprint density at radius 1 is 0.893 bits per heavy atom. The normalized spacial score (nSPS) is 28.9. The van der Waals surface area contributed by atoms with Gasteiger partial charge < -0.3 is 15.2 Å². The molecule has 0 unspecified atom stereocenters. The molecule has 0 radical (unpaired) electrons. The van der Waals surface area contributed by atoms with E-state index < -0.39 is 18.3 Å². The average Bonchev–Trinajstić information content (AvgIpc) is 3.48. The van der Waals surface area contributed by atoms with E-state index in [1.165, 1.54) is 4.90 Å². The SMILES string of the molecule is O=C1c2ccccc2C(=O)N1C1(c2ccc(B(O)O)cc2)CC(O)(C2CC2)C1. The van der Waals surface area contributed by atoms with E-state index in [0.29, 0.717) is 29.4 Å². The molecule has 2 aromatic rings. The fourth-order valence-electron chi connectivity index (χ4n) is 4.91. The molecule has 0 atom stereocenters. The number of hydrogen-bond acceptors (Lipinski definition) is 5. The van der Waals surface area contributed by atoms with Gasteiger partial charge in [0.1, 0.15) is 0 Å². The molecule has 0 saturated heterocycles. The molecule has 5 rings (SSSR count). The van der Waals surface area contributed by atoms with Crippen molar-refractivity contribution >= 4 is 24.4 Å². The first-order valence-electron chi connectivity index (χ1n) is 9.53. The zero-order valence-corrected chi connectivity index (χ0v) is 15.2.